The Balaban J connectivity index is 2.39. The van der Waals surface area contributed by atoms with E-state index in [1.165, 1.54) is 6.20 Å². The summed E-state index contributed by atoms with van der Waals surface area (Å²) in [4.78, 5) is 18.5. The van der Waals surface area contributed by atoms with E-state index >= 15 is 0 Å². The Kier molecular flexibility index (Phi) is 3.74. The van der Waals surface area contributed by atoms with Crippen molar-refractivity contribution in [3.63, 3.8) is 0 Å². The van der Waals surface area contributed by atoms with E-state index in [1.54, 1.807) is 0 Å². The molecule has 5 nitrogen and oxygen atoms in total. The van der Waals surface area contributed by atoms with Crippen molar-refractivity contribution >= 4 is 0 Å². The van der Waals surface area contributed by atoms with Gasteiger partial charge in [0.2, 0.25) is 0 Å². The average Bonchev–Trinajstić information content (AvgIpc) is 2.39. The van der Waals surface area contributed by atoms with Crippen LogP contribution in [-0.2, 0) is 6.54 Å². The van der Waals surface area contributed by atoms with Crippen LogP contribution in [0.2, 0.25) is 0 Å². The lowest BCUT2D eigenvalue weighted by Gasteiger charge is -2.06. The molecule has 0 aliphatic carbocycles. The van der Waals surface area contributed by atoms with E-state index in [4.69, 9.17) is 10.5 Å². The zero-order valence-electron chi connectivity index (χ0n) is 10.1. The average molecular weight is 245 g/mol. The zero-order chi connectivity index (χ0) is 13.0. The normalized spacial score (nSPS) is 10.3. The maximum Gasteiger partial charge on any atom is 0.255 e. The first kappa shape index (κ1) is 12.3. The molecule has 0 unspecified atom stereocenters. The highest BCUT2D eigenvalue weighted by molar-refractivity contribution is 5.57. The lowest BCUT2D eigenvalue weighted by Crippen LogP contribution is -2.17. The molecule has 0 spiro atoms. The van der Waals surface area contributed by atoms with Gasteiger partial charge >= 0.3 is 0 Å². The molecule has 1 heterocycles. The summed E-state index contributed by atoms with van der Waals surface area (Å²) in [6, 6.07) is 7.42. The molecular weight excluding hydrogens is 230 g/mol. The summed E-state index contributed by atoms with van der Waals surface area (Å²) in [6.45, 7) is 2.70. The second kappa shape index (κ2) is 5.46. The number of benzene rings is 1. The summed E-state index contributed by atoms with van der Waals surface area (Å²) in [6.07, 6.45) is 1.50. The number of hydrogen-bond acceptors (Lipinski definition) is 4. The van der Waals surface area contributed by atoms with Crippen LogP contribution >= 0.6 is 0 Å². The molecule has 0 atom stereocenters. The van der Waals surface area contributed by atoms with Crippen LogP contribution in [0.25, 0.3) is 11.4 Å². The maximum absolute atomic E-state index is 11.6. The fourth-order valence-electron chi connectivity index (χ4n) is 1.61. The molecule has 94 valence electrons. The van der Waals surface area contributed by atoms with Gasteiger partial charge in [-0.05, 0) is 19.1 Å². The van der Waals surface area contributed by atoms with E-state index < -0.39 is 0 Å². The molecular formula is C13H15N3O2. The number of hydrogen-bond donors (Lipinski definition) is 2. The molecule has 2 aromatic rings. The Morgan fingerprint density at radius 3 is 2.94 bits per heavy atom. The fourth-order valence-corrected chi connectivity index (χ4v) is 1.61. The summed E-state index contributed by atoms with van der Waals surface area (Å²) in [5.41, 5.74) is 6.50. The van der Waals surface area contributed by atoms with Gasteiger partial charge in [-0.2, -0.15) is 0 Å². The largest absolute Gasteiger partial charge is 0.494 e. The molecule has 2 rings (SSSR count). The van der Waals surface area contributed by atoms with Gasteiger partial charge < -0.3 is 15.5 Å². The smallest absolute Gasteiger partial charge is 0.255 e. The SMILES string of the molecule is CCOc1cccc(-c2ncc(CN)c(=O)[nH]2)c1. The van der Waals surface area contributed by atoms with E-state index in [2.05, 4.69) is 9.97 Å². The summed E-state index contributed by atoms with van der Waals surface area (Å²) >= 11 is 0. The highest BCUT2D eigenvalue weighted by Gasteiger charge is 2.04. The number of H-pyrrole nitrogens is 1. The van der Waals surface area contributed by atoms with Gasteiger partial charge in [-0.25, -0.2) is 4.98 Å². The van der Waals surface area contributed by atoms with E-state index in [1.807, 2.05) is 31.2 Å². The number of nitrogens with zero attached hydrogens (tertiary/aromatic N) is 1. The minimum Gasteiger partial charge on any atom is -0.494 e. The van der Waals surface area contributed by atoms with Crippen LogP contribution in [0.5, 0.6) is 5.75 Å². The molecule has 1 aromatic carbocycles. The molecule has 0 saturated heterocycles. The molecule has 0 bridgehead atoms. The lowest BCUT2D eigenvalue weighted by atomic mass is 10.2. The Morgan fingerprint density at radius 1 is 1.44 bits per heavy atom. The molecule has 5 heteroatoms. The third-order valence-electron chi connectivity index (χ3n) is 2.51. The minimum atomic E-state index is -0.204. The van der Waals surface area contributed by atoms with E-state index in [0.29, 0.717) is 18.0 Å². The number of nitrogens with one attached hydrogen (secondary N) is 1. The second-order valence-corrected chi connectivity index (χ2v) is 3.75. The standard InChI is InChI=1S/C13H15N3O2/c1-2-18-11-5-3-4-9(6-11)12-15-8-10(7-14)13(17)16-12/h3-6,8H,2,7,14H2,1H3,(H,15,16,17). The van der Waals surface area contributed by atoms with Crippen molar-refractivity contribution in [2.75, 3.05) is 6.61 Å². The summed E-state index contributed by atoms with van der Waals surface area (Å²) in [7, 11) is 0. The molecule has 3 N–H and O–H groups in total. The van der Waals surface area contributed by atoms with Gasteiger partial charge in [-0.1, -0.05) is 12.1 Å². The van der Waals surface area contributed by atoms with Gasteiger partial charge in [-0.15, -0.1) is 0 Å². The van der Waals surface area contributed by atoms with Crippen LogP contribution in [0, 0.1) is 0 Å². The van der Waals surface area contributed by atoms with Crippen molar-refractivity contribution in [1.29, 1.82) is 0 Å². The second-order valence-electron chi connectivity index (χ2n) is 3.75. The Morgan fingerprint density at radius 2 is 2.28 bits per heavy atom. The monoisotopic (exact) mass is 245 g/mol. The van der Waals surface area contributed by atoms with Gasteiger partial charge in [0.25, 0.3) is 5.56 Å². The predicted molar refractivity (Wildman–Crippen MR) is 69.4 cm³/mol. The van der Waals surface area contributed by atoms with Crippen LogP contribution in [0.3, 0.4) is 0 Å². The number of rotatable bonds is 4. The summed E-state index contributed by atoms with van der Waals surface area (Å²) < 4.78 is 5.40. The van der Waals surface area contributed by atoms with Crippen LogP contribution in [0.15, 0.2) is 35.3 Å². The van der Waals surface area contributed by atoms with E-state index in [-0.39, 0.29) is 12.1 Å². The Bertz CT molecular complexity index is 593. The molecule has 0 saturated carbocycles. The third-order valence-corrected chi connectivity index (χ3v) is 2.51. The number of ether oxygens (including phenoxy) is 1. The van der Waals surface area contributed by atoms with Crippen molar-refractivity contribution in [3.05, 3.63) is 46.4 Å². The van der Waals surface area contributed by atoms with Crippen molar-refractivity contribution in [2.45, 2.75) is 13.5 Å². The Labute approximate surface area is 105 Å². The number of aromatic amines is 1. The van der Waals surface area contributed by atoms with Crippen molar-refractivity contribution in [3.8, 4) is 17.1 Å². The van der Waals surface area contributed by atoms with Crippen LogP contribution in [0.1, 0.15) is 12.5 Å². The predicted octanol–water partition coefficient (Wildman–Crippen LogP) is 1.29. The lowest BCUT2D eigenvalue weighted by molar-refractivity contribution is 0.340. The van der Waals surface area contributed by atoms with Gasteiger partial charge in [0.15, 0.2) is 0 Å². The van der Waals surface area contributed by atoms with E-state index in [9.17, 15) is 4.79 Å². The van der Waals surface area contributed by atoms with Crippen LogP contribution in [0.4, 0.5) is 0 Å². The Hall–Kier alpha value is -2.14. The van der Waals surface area contributed by atoms with Gasteiger partial charge in [0.05, 0.1) is 6.61 Å². The van der Waals surface area contributed by atoms with E-state index in [0.717, 1.165) is 11.3 Å². The number of nitrogens with two attached hydrogens (primary N) is 1. The summed E-state index contributed by atoms with van der Waals surface area (Å²) in [5.74, 6) is 1.26. The topological polar surface area (TPSA) is 81.0 Å². The molecule has 18 heavy (non-hydrogen) atoms. The van der Waals surface area contributed by atoms with Crippen LogP contribution < -0.4 is 16.0 Å². The molecule has 0 fully saturated rings. The maximum atomic E-state index is 11.6. The fraction of sp³-hybridized carbons (Fsp3) is 0.231. The van der Waals surface area contributed by atoms with Crippen LogP contribution in [-0.4, -0.2) is 16.6 Å². The summed E-state index contributed by atoms with van der Waals surface area (Å²) in [5, 5.41) is 0. The zero-order valence-corrected chi connectivity index (χ0v) is 10.1. The van der Waals surface area contributed by atoms with Gasteiger partial charge in [0, 0.05) is 23.9 Å². The van der Waals surface area contributed by atoms with Gasteiger partial charge in [0.1, 0.15) is 11.6 Å². The first-order chi connectivity index (χ1) is 8.74. The van der Waals surface area contributed by atoms with Gasteiger partial charge in [-0.3, -0.25) is 4.79 Å². The molecule has 0 amide bonds. The van der Waals surface area contributed by atoms with Crippen molar-refractivity contribution < 1.29 is 4.74 Å². The molecule has 0 aliphatic heterocycles. The molecule has 0 radical (unpaired) electrons. The first-order valence-corrected chi connectivity index (χ1v) is 5.76. The number of aromatic nitrogens is 2. The quantitative estimate of drug-likeness (QED) is 0.850. The highest BCUT2D eigenvalue weighted by atomic mass is 16.5. The third kappa shape index (κ3) is 2.57. The van der Waals surface area contributed by atoms with Crippen molar-refractivity contribution in [2.24, 2.45) is 5.73 Å². The minimum absolute atomic E-state index is 0.182. The molecule has 1 aromatic heterocycles. The first-order valence-electron chi connectivity index (χ1n) is 5.76. The highest BCUT2D eigenvalue weighted by Crippen LogP contribution is 2.20. The molecule has 0 aliphatic rings. The van der Waals surface area contributed by atoms with Crippen molar-refractivity contribution in [1.82, 2.24) is 9.97 Å².